The summed E-state index contributed by atoms with van der Waals surface area (Å²) < 4.78 is 7.93. The van der Waals surface area contributed by atoms with Gasteiger partial charge in [-0.1, -0.05) is 0 Å². The number of ether oxygens (including phenoxy) is 1. The number of aromatic nitrogens is 1. The standard InChI is InChI=1S/C9H9NOSe2/c1-2-11-6-3-4-7-8(5-6)13-9(12)10-7/h3-5H,2H2,1H3,(H,10,12). The first-order valence-corrected chi connectivity index (χ1v) is 6.67. The number of fused-ring (bicyclic) bond motifs is 1. The molecule has 4 heteroatoms. The van der Waals surface area contributed by atoms with E-state index < -0.39 is 0 Å². The molecule has 0 N–H and O–H groups in total. The van der Waals surface area contributed by atoms with E-state index >= 15 is 0 Å². The van der Waals surface area contributed by atoms with Crippen molar-refractivity contribution in [2.75, 3.05) is 6.61 Å². The second kappa shape index (κ2) is 3.85. The molecule has 13 heavy (non-hydrogen) atoms. The van der Waals surface area contributed by atoms with Gasteiger partial charge in [0.2, 0.25) is 0 Å². The van der Waals surface area contributed by atoms with Crippen LogP contribution in [0.15, 0.2) is 18.2 Å². The Balaban J connectivity index is 2.48. The van der Waals surface area contributed by atoms with Crippen molar-refractivity contribution in [3.63, 3.8) is 0 Å². The van der Waals surface area contributed by atoms with Gasteiger partial charge in [-0.25, -0.2) is 0 Å². The van der Waals surface area contributed by atoms with Crippen LogP contribution in [0.4, 0.5) is 0 Å². The molecule has 0 aliphatic heterocycles. The second-order valence-corrected chi connectivity index (χ2v) is 7.09. The van der Waals surface area contributed by atoms with Gasteiger partial charge in [0, 0.05) is 0 Å². The van der Waals surface area contributed by atoms with Crippen molar-refractivity contribution >= 4 is 43.8 Å². The summed E-state index contributed by atoms with van der Waals surface area (Å²) in [6, 6.07) is 6.11. The van der Waals surface area contributed by atoms with E-state index in [1.54, 1.807) is 0 Å². The van der Waals surface area contributed by atoms with Gasteiger partial charge in [-0.05, 0) is 0 Å². The van der Waals surface area contributed by atoms with Crippen molar-refractivity contribution in [1.82, 2.24) is 4.98 Å². The first-order chi connectivity index (χ1) is 6.29. The van der Waals surface area contributed by atoms with Crippen molar-refractivity contribution in [1.29, 1.82) is 0 Å². The van der Waals surface area contributed by atoms with Gasteiger partial charge in [0.1, 0.15) is 0 Å². The predicted molar refractivity (Wildman–Crippen MR) is 56.6 cm³/mol. The molecule has 0 radical (unpaired) electrons. The first kappa shape index (κ1) is 9.29. The molecular formula is C9H9NOSe2. The second-order valence-electron chi connectivity index (χ2n) is 2.56. The first-order valence-electron chi connectivity index (χ1n) is 4.02. The van der Waals surface area contributed by atoms with Gasteiger partial charge in [0.05, 0.1) is 0 Å². The average molecular weight is 305 g/mol. The number of rotatable bonds is 2. The van der Waals surface area contributed by atoms with Crippen molar-refractivity contribution in [3.8, 4) is 5.75 Å². The predicted octanol–water partition coefficient (Wildman–Crippen LogP) is 0.217. The third kappa shape index (κ3) is 1.97. The van der Waals surface area contributed by atoms with Crippen LogP contribution in [0.2, 0.25) is 0 Å². The molecule has 0 fully saturated rings. The Morgan fingerprint density at radius 1 is 1.54 bits per heavy atom. The van der Waals surface area contributed by atoms with Gasteiger partial charge >= 0.3 is 91.0 Å². The average Bonchev–Trinajstić information content (AvgIpc) is 2.44. The molecule has 1 heterocycles. The summed E-state index contributed by atoms with van der Waals surface area (Å²) >= 11 is 2.92. The number of hydrogen-bond donors (Lipinski definition) is 0. The van der Waals surface area contributed by atoms with Gasteiger partial charge in [0.25, 0.3) is 0 Å². The maximum absolute atomic E-state index is 5.42. The molecule has 68 valence electrons. The molecule has 0 atom stereocenters. The topological polar surface area (TPSA) is 22.1 Å². The summed E-state index contributed by atoms with van der Waals surface area (Å²) in [7, 11) is 0. The van der Waals surface area contributed by atoms with Gasteiger partial charge < -0.3 is 0 Å². The SMILES string of the molecule is CCOc1ccc2nc([SeH])[se]c2c1. The summed E-state index contributed by atoms with van der Waals surface area (Å²) in [5.74, 6) is 0.959. The molecule has 0 amide bonds. The maximum atomic E-state index is 5.42. The Labute approximate surface area is 90.9 Å². The van der Waals surface area contributed by atoms with Gasteiger partial charge in [0.15, 0.2) is 0 Å². The molecule has 2 aromatic rings. The van der Waals surface area contributed by atoms with E-state index in [0.29, 0.717) is 14.5 Å². The Bertz CT molecular complexity index is 424. The van der Waals surface area contributed by atoms with Crippen molar-refractivity contribution in [2.45, 2.75) is 6.92 Å². The minimum absolute atomic E-state index is 0.391. The Kier molecular flexibility index (Phi) is 2.75. The molecule has 1 aromatic heterocycles. The van der Waals surface area contributed by atoms with E-state index in [9.17, 15) is 0 Å². The summed E-state index contributed by atoms with van der Waals surface area (Å²) in [4.78, 5) is 4.41. The normalized spacial score (nSPS) is 10.6. The molecular weight excluding hydrogens is 296 g/mol. The quantitative estimate of drug-likeness (QED) is 0.741. The fourth-order valence-electron chi connectivity index (χ4n) is 1.15. The van der Waals surface area contributed by atoms with E-state index in [0.717, 1.165) is 17.9 Å². The van der Waals surface area contributed by atoms with Gasteiger partial charge in [-0.3, -0.25) is 0 Å². The fourth-order valence-corrected chi connectivity index (χ4v) is 3.99. The number of nitrogens with zero attached hydrogens (tertiary/aromatic N) is 1. The molecule has 0 aliphatic rings. The molecule has 0 bridgehead atoms. The Morgan fingerprint density at radius 2 is 2.38 bits per heavy atom. The van der Waals surface area contributed by atoms with Crippen molar-refractivity contribution in [2.24, 2.45) is 0 Å². The van der Waals surface area contributed by atoms with Crippen LogP contribution in [-0.2, 0) is 0 Å². The Hall–Kier alpha value is -0.271. The van der Waals surface area contributed by atoms with Crippen LogP contribution < -0.4 is 8.20 Å². The molecule has 0 aliphatic carbocycles. The molecule has 1 aromatic carbocycles. The third-order valence-corrected chi connectivity index (χ3v) is 4.59. The Morgan fingerprint density at radius 3 is 3.15 bits per heavy atom. The summed E-state index contributed by atoms with van der Waals surface area (Å²) in [6.45, 7) is 2.72. The zero-order valence-electron chi connectivity index (χ0n) is 7.15. The monoisotopic (exact) mass is 307 g/mol. The van der Waals surface area contributed by atoms with Crippen LogP contribution >= 0.6 is 0 Å². The zero-order chi connectivity index (χ0) is 9.26. The fraction of sp³-hybridized carbons (Fsp3) is 0.222. The molecule has 0 spiro atoms. The van der Waals surface area contributed by atoms with Crippen LogP contribution in [0, 0.1) is 0 Å². The van der Waals surface area contributed by atoms with Gasteiger partial charge in [-0.15, -0.1) is 0 Å². The van der Waals surface area contributed by atoms with E-state index in [-0.39, 0.29) is 0 Å². The summed E-state index contributed by atoms with van der Waals surface area (Å²) in [5, 5.41) is 0. The molecule has 0 saturated heterocycles. The van der Waals surface area contributed by atoms with Crippen LogP contribution in [0.25, 0.3) is 9.78 Å². The van der Waals surface area contributed by atoms with Crippen LogP contribution in [0.3, 0.4) is 0 Å². The van der Waals surface area contributed by atoms with E-state index in [2.05, 4.69) is 27.1 Å². The number of hydrogen-bond acceptors (Lipinski definition) is 2. The van der Waals surface area contributed by atoms with Crippen molar-refractivity contribution < 1.29 is 4.74 Å². The zero-order valence-corrected chi connectivity index (χ0v) is 10.7. The van der Waals surface area contributed by atoms with Crippen LogP contribution in [-0.4, -0.2) is 42.1 Å². The summed E-state index contributed by atoms with van der Waals surface area (Å²) in [6.07, 6.45) is 0. The molecule has 2 rings (SSSR count). The van der Waals surface area contributed by atoms with E-state index in [1.165, 1.54) is 7.73 Å². The van der Waals surface area contributed by atoms with Crippen molar-refractivity contribution in [3.05, 3.63) is 18.2 Å². The molecule has 0 saturated carbocycles. The van der Waals surface area contributed by atoms with E-state index in [4.69, 9.17) is 4.74 Å². The van der Waals surface area contributed by atoms with Crippen LogP contribution in [0.5, 0.6) is 5.75 Å². The molecule has 2 nitrogen and oxygen atoms in total. The van der Waals surface area contributed by atoms with E-state index in [1.807, 2.05) is 19.1 Å². The number of benzene rings is 1. The third-order valence-electron chi connectivity index (χ3n) is 1.66. The molecule has 0 unspecified atom stereocenters. The summed E-state index contributed by atoms with van der Waals surface area (Å²) in [5.41, 5.74) is 1.11. The van der Waals surface area contributed by atoms with Gasteiger partial charge in [-0.2, -0.15) is 0 Å². The minimum atomic E-state index is 0.391. The van der Waals surface area contributed by atoms with Crippen LogP contribution in [0.1, 0.15) is 6.92 Å².